The van der Waals surface area contributed by atoms with Gasteiger partial charge in [-0.1, -0.05) is 79.7 Å². The molecule has 0 aromatic heterocycles. The molecular formula is C30H46. The molecule has 166 valence electrons. The molecule has 0 heteroatoms. The van der Waals surface area contributed by atoms with Crippen molar-refractivity contribution in [2.75, 3.05) is 0 Å². The van der Waals surface area contributed by atoms with Gasteiger partial charge in [0.05, 0.1) is 0 Å². The zero-order chi connectivity index (χ0) is 22.6. The van der Waals surface area contributed by atoms with Crippen LogP contribution in [0.3, 0.4) is 0 Å². The highest BCUT2D eigenvalue weighted by Gasteiger charge is 2.14. The van der Waals surface area contributed by atoms with E-state index in [1.54, 1.807) is 22.3 Å². The Labute approximate surface area is 187 Å². The first kappa shape index (κ1) is 24.7. The van der Waals surface area contributed by atoms with Crippen LogP contribution in [-0.4, -0.2) is 0 Å². The fourth-order valence-electron chi connectivity index (χ4n) is 4.97. The summed E-state index contributed by atoms with van der Waals surface area (Å²) in [5.74, 6) is 2.39. The van der Waals surface area contributed by atoms with E-state index in [2.05, 4.69) is 93.5 Å². The number of benzene rings is 2. The molecule has 0 unspecified atom stereocenters. The van der Waals surface area contributed by atoms with Crippen molar-refractivity contribution < 1.29 is 0 Å². The summed E-state index contributed by atoms with van der Waals surface area (Å²) in [6.07, 6.45) is 4.94. The van der Waals surface area contributed by atoms with Gasteiger partial charge >= 0.3 is 0 Å². The summed E-state index contributed by atoms with van der Waals surface area (Å²) in [5, 5.41) is 0. The van der Waals surface area contributed by atoms with Gasteiger partial charge in [0, 0.05) is 0 Å². The normalized spacial score (nSPS) is 12.1. The summed E-state index contributed by atoms with van der Waals surface area (Å²) in [7, 11) is 0. The van der Waals surface area contributed by atoms with Gasteiger partial charge in [0.25, 0.3) is 0 Å². The molecule has 0 nitrogen and oxygen atoms in total. The second-order valence-corrected chi connectivity index (χ2v) is 10.6. The Hall–Kier alpha value is -1.56. The Morgan fingerprint density at radius 2 is 0.767 bits per heavy atom. The molecular weight excluding hydrogens is 360 g/mol. The van der Waals surface area contributed by atoms with Crippen molar-refractivity contribution in [1.82, 2.24) is 0 Å². The van der Waals surface area contributed by atoms with Gasteiger partial charge in [0.15, 0.2) is 0 Å². The first-order chi connectivity index (χ1) is 14.0. The molecule has 2 aromatic rings. The van der Waals surface area contributed by atoms with E-state index in [-0.39, 0.29) is 0 Å². The molecule has 0 fully saturated rings. The lowest BCUT2D eigenvalue weighted by atomic mass is 9.85. The average molecular weight is 407 g/mol. The van der Waals surface area contributed by atoms with Crippen LogP contribution in [-0.2, 0) is 12.8 Å². The minimum atomic E-state index is 0.596. The van der Waals surface area contributed by atoms with Crippen molar-refractivity contribution in [3.63, 3.8) is 0 Å². The van der Waals surface area contributed by atoms with Crippen LogP contribution in [0.2, 0.25) is 0 Å². The third kappa shape index (κ3) is 5.99. The molecule has 0 aliphatic rings. The predicted molar refractivity (Wildman–Crippen MR) is 135 cm³/mol. The number of hydrogen-bond donors (Lipinski definition) is 0. The molecule has 0 saturated carbocycles. The number of aryl methyl sites for hydroxylation is 4. The maximum absolute atomic E-state index is 2.51. The molecule has 0 N–H and O–H groups in total. The van der Waals surface area contributed by atoms with E-state index in [9.17, 15) is 0 Å². The largest absolute Gasteiger partial charge is 0.0587 e. The van der Waals surface area contributed by atoms with Crippen molar-refractivity contribution in [1.29, 1.82) is 0 Å². The molecule has 0 amide bonds. The van der Waals surface area contributed by atoms with Gasteiger partial charge in [0.2, 0.25) is 0 Å². The SMILES string of the molecule is Cc1cc(C(C)C)c(CCCCc2cc(C(C)C)c(C)cc2C(C)C)cc1C(C)C. The van der Waals surface area contributed by atoms with Crippen LogP contribution in [0.1, 0.15) is 136 Å². The third-order valence-electron chi connectivity index (χ3n) is 6.69. The van der Waals surface area contributed by atoms with Gasteiger partial charge in [-0.15, -0.1) is 0 Å². The van der Waals surface area contributed by atoms with E-state index in [1.807, 2.05) is 0 Å². The van der Waals surface area contributed by atoms with E-state index in [1.165, 1.54) is 47.9 Å². The summed E-state index contributed by atoms with van der Waals surface area (Å²) in [6, 6.07) is 9.94. The summed E-state index contributed by atoms with van der Waals surface area (Å²) in [6.45, 7) is 23.2. The average Bonchev–Trinajstić information content (AvgIpc) is 2.65. The first-order valence-electron chi connectivity index (χ1n) is 12.3. The van der Waals surface area contributed by atoms with Crippen LogP contribution < -0.4 is 0 Å². The van der Waals surface area contributed by atoms with Gasteiger partial charge in [-0.3, -0.25) is 0 Å². The van der Waals surface area contributed by atoms with Crippen LogP contribution in [0.5, 0.6) is 0 Å². The highest BCUT2D eigenvalue weighted by atomic mass is 14.2. The number of hydrogen-bond acceptors (Lipinski definition) is 0. The quantitative estimate of drug-likeness (QED) is 0.364. The van der Waals surface area contributed by atoms with Crippen molar-refractivity contribution in [2.24, 2.45) is 0 Å². The molecule has 2 aromatic carbocycles. The molecule has 0 bridgehead atoms. The second-order valence-electron chi connectivity index (χ2n) is 10.6. The Morgan fingerprint density at radius 3 is 1.03 bits per heavy atom. The monoisotopic (exact) mass is 406 g/mol. The van der Waals surface area contributed by atoms with Gasteiger partial charge in [-0.05, 0) is 108 Å². The van der Waals surface area contributed by atoms with Crippen molar-refractivity contribution in [2.45, 2.75) is 119 Å². The van der Waals surface area contributed by atoms with Gasteiger partial charge in [0.1, 0.15) is 0 Å². The molecule has 0 heterocycles. The lowest BCUT2D eigenvalue weighted by molar-refractivity contribution is 0.706. The highest BCUT2D eigenvalue weighted by molar-refractivity contribution is 5.42. The smallest absolute Gasteiger partial charge is 0.0216 e. The van der Waals surface area contributed by atoms with Gasteiger partial charge < -0.3 is 0 Å². The van der Waals surface area contributed by atoms with Gasteiger partial charge in [-0.2, -0.15) is 0 Å². The van der Waals surface area contributed by atoms with Crippen LogP contribution in [0.4, 0.5) is 0 Å². The lowest BCUT2D eigenvalue weighted by Crippen LogP contribution is -2.04. The standard InChI is InChI=1S/C30H46/c1-19(2)27-17-25(29(21(5)6)15-23(27)9)13-11-12-14-26-18-28(20(3)4)24(10)16-30(26)22(7)8/h15-22H,11-14H2,1-10H3. The van der Waals surface area contributed by atoms with E-state index in [4.69, 9.17) is 0 Å². The molecule has 0 atom stereocenters. The zero-order valence-electron chi connectivity index (χ0n) is 21.4. The fraction of sp³-hybridized carbons (Fsp3) is 0.600. The summed E-state index contributed by atoms with van der Waals surface area (Å²) < 4.78 is 0. The Kier molecular flexibility index (Phi) is 8.77. The van der Waals surface area contributed by atoms with Crippen LogP contribution in [0, 0.1) is 13.8 Å². The minimum Gasteiger partial charge on any atom is -0.0587 e. The minimum absolute atomic E-state index is 0.596. The van der Waals surface area contributed by atoms with Crippen LogP contribution in [0.15, 0.2) is 24.3 Å². The topological polar surface area (TPSA) is 0 Å². The Bertz CT molecular complexity index is 762. The van der Waals surface area contributed by atoms with E-state index < -0.39 is 0 Å². The van der Waals surface area contributed by atoms with Gasteiger partial charge in [-0.25, -0.2) is 0 Å². The first-order valence-corrected chi connectivity index (χ1v) is 12.3. The molecule has 2 rings (SSSR count). The maximum Gasteiger partial charge on any atom is -0.0216 e. The predicted octanol–water partition coefficient (Wildman–Crippen LogP) is 9.36. The number of rotatable bonds is 9. The van der Waals surface area contributed by atoms with Crippen molar-refractivity contribution in [3.05, 3.63) is 68.8 Å². The fourth-order valence-corrected chi connectivity index (χ4v) is 4.97. The lowest BCUT2D eigenvalue weighted by Gasteiger charge is -2.20. The molecule has 0 spiro atoms. The van der Waals surface area contributed by atoms with Crippen LogP contribution in [0.25, 0.3) is 0 Å². The molecule has 0 radical (unpaired) electrons. The number of unbranched alkanes of at least 4 members (excludes halogenated alkanes) is 1. The molecule has 0 aliphatic carbocycles. The van der Waals surface area contributed by atoms with E-state index in [0.717, 1.165) is 0 Å². The molecule has 0 saturated heterocycles. The summed E-state index contributed by atoms with van der Waals surface area (Å²) >= 11 is 0. The summed E-state index contributed by atoms with van der Waals surface area (Å²) in [5.41, 5.74) is 12.2. The van der Waals surface area contributed by atoms with Crippen molar-refractivity contribution >= 4 is 0 Å². The Morgan fingerprint density at radius 1 is 0.467 bits per heavy atom. The van der Waals surface area contributed by atoms with Crippen LogP contribution >= 0.6 is 0 Å². The zero-order valence-corrected chi connectivity index (χ0v) is 21.4. The van der Waals surface area contributed by atoms with E-state index in [0.29, 0.717) is 23.7 Å². The highest BCUT2D eigenvalue weighted by Crippen LogP contribution is 2.31. The molecule has 0 aliphatic heterocycles. The molecule has 30 heavy (non-hydrogen) atoms. The van der Waals surface area contributed by atoms with E-state index >= 15 is 0 Å². The summed E-state index contributed by atoms with van der Waals surface area (Å²) in [4.78, 5) is 0. The maximum atomic E-state index is 2.51. The second kappa shape index (κ2) is 10.7. The Balaban J connectivity index is 2.17. The third-order valence-corrected chi connectivity index (χ3v) is 6.69. The van der Waals surface area contributed by atoms with Crippen molar-refractivity contribution in [3.8, 4) is 0 Å².